The van der Waals surface area contributed by atoms with Crippen molar-refractivity contribution in [3.05, 3.63) is 113 Å². The molecule has 1 aliphatic heterocycles. The van der Waals surface area contributed by atoms with Crippen molar-refractivity contribution in [2.45, 2.75) is 102 Å². The normalized spacial score (nSPS) is 17.1. The molecule has 1 aliphatic carbocycles. The molecular formula is C47H58N6O9S2. The van der Waals surface area contributed by atoms with Crippen molar-refractivity contribution < 1.29 is 40.8 Å². The maximum Gasteiger partial charge on any atom is 0.338 e. The van der Waals surface area contributed by atoms with E-state index in [2.05, 4.69) is 15.5 Å². The molecule has 0 unspecified atom stereocenters. The van der Waals surface area contributed by atoms with Gasteiger partial charge in [0.05, 0.1) is 22.4 Å². The van der Waals surface area contributed by atoms with Gasteiger partial charge in [0.15, 0.2) is 5.69 Å². The van der Waals surface area contributed by atoms with Crippen LogP contribution in [0.25, 0.3) is 0 Å². The number of nitrogens with one attached hydrogen (secondary N) is 3. The maximum atomic E-state index is 14.0. The number of anilines is 3. The summed E-state index contributed by atoms with van der Waals surface area (Å²) in [7, 11) is -7.80. The van der Waals surface area contributed by atoms with E-state index in [1.165, 1.54) is 28.6 Å². The highest BCUT2D eigenvalue weighted by atomic mass is 32.2. The quantitative estimate of drug-likeness (QED) is 0.104. The van der Waals surface area contributed by atoms with Gasteiger partial charge in [-0.25, -0.2) is 26.6 Å². The number of hydrogen-bond acceptors (Lipinski definition) is 11. The topological polar surface area (TPSA) is 201 Å². The van der Waals surface area contributed by atoms with Gasteiger partial charge in [0, 0.05) is 42.8 Å². The van der Waals surface area contributed by atoms with Crippen molar-refractivity contribution in [2.75, 3.05) is 41.4 Å². The Morgan fingerprint density at radius 3 is 1.98 bits per heavy atom. The molecule has 1 saturated heterocycles. The van der Waals surface area contributed by atoms with Gasteiger partial charge >= 0.3 is 5.97 Å². The molecule has 2 aliphatic rings. The molecule has 0 atom stereocenters. The number of aryl methyl sites for hydroxylation is 2. The van der Waals surface area contributed by atoms with Crippen LogP contribution in [0, 0.1) is 5.92 Å². The van der Waals surface area contributed by atoms with Crippen molar-refractivity contribution >= 4 is 60.9 Å². The van der Waals surface area contributed by atoms with Crippen LogP contribution in [0.5, 0.6) is 0 Å². The molecule has 342 valence electrons. The highest BCUT2D eigenvalue weighted by molar-refractivity contribution is 7.89. The minimum atomic E-state index is -4.09. The predicted molar refractivity (Wildman–Crippen MR) is 246 cm³/mol. The van der Waals surface area contributed by atoms with Crippen LogP contribution in [0.4, 0.5) is 17.2 Å². The molecule has 6 rings (SSSR count). The fourth-order valence-electron chi connectivity index (χ4n) is 8.04. The second kappa shape index (κ2) is 20.5. The zero-order valence-electron chi connectivity index (χ0n) is 37.1. The molecular weight excluding hydrogens is 857 g/mol. The zero-order chi connectivity index (χ0) is 46.2. The maximum absolute atomic E-state index is 14.0. The van der Waals surface area contributed by atoms with Crippen LogP contribution in [-0.4, -0.2) is 87.3 Å². The third kappa shape index (κ3) is 12.8. The van der Waals surface area contributed by atoms with Crippen LogP contribution in [-0.2, 0) is 42.4 Å². The molecule has 3 aromatic carbocycles. The molecule has 64 heavy (non-hydrogen) atoms. The van der Waals surface area contributed by atoms with Crippen molar-refractivity contribution in [1.29, 1.82) is 0 Å². The van der Waals surface area contributed by atoms with Gasteiger partial charge in [-0.2, -0.15) is 4.31 Å². The number of hydrogen-bond donors (Lipinski definition) is 3. The Balaban J connectivity index is 1.13. The number of ether oxygens (including phenoxy) is 1. The SMILES string of the molecule is CCN(C1CCC(C(=O)NS(C)(=O)=O)CC1)S(=O)(=O)c1cccc(C(=O)Nc2ccc(N3CCCCC3)nc2C(=O)Nc2ccc(CCc3ccc(C(=O)OC(C)(C)C)cc3)cc2)c1. The van der Waals surface area contributed by atoms with Crippen molar-refractivity contribution in [1.82, 2.24) is 14.0 Å². The largest absolute Gasteiger partial charge is 0.456 e. The molecule has 0 bridgehead atoms. The minimum absolute atomic E-state index is 0.00270. The van der Waals surface area contributed by atoms with Gasteiger partial charge in [0.1, 0.15) is 11.4 Å². The fraction of sp³-hybridized carbons (Fsp3) is 0.426. The van der Waals surface area contributed by atoms with Gasteiger partial charge in [-0.3, -0.25) is 19.1 Å². The molecule has 17 heteroatoms. The van der Waals surface area contributed by atoms with E-state index in [0.29, 0.717) is 42.8 Å². The average molecular weight is 915 g/mol. The summed E-state index contributed by atoms with van der Waals surface area (Å²) >= 11 is 0. The van der Waals surface area contributed by atoms with Crippen LogP contribution >= 0.6 is 0 Å². The van der Waals surface area contributed by atoms with Crippen LogP contribution in [0.3, 0.4) is 0 Å². The van der Waals surface area contributed by atoms with Crippen LogP contribution in [0.15, 0.2) is 89.8 Å². The summed E-state index contributed by atoms with van der Waals surface area (Å²) in [5, 5.41) is 5.73. The third-order valence-corrected chi connectivity index (χ3v) is 13.9. The van der Waals surface area contributed by atoms with Gasteiger partial charge < -0.3 is 20.3 Å². The van der Waals surface area contributed by atoms with Crippen LogP contribution < -0.4 is 20.3 Å². The Kier molecular flexibility index (Phi) is 15.3. The molecule has 1 aromatic heterocycles. The number of piperidine rings is 1. The van der Waals surface area contributed by atoms with Crippen molar-refractivity contribution in [2.24, 2.45) is 5.92 Å². The molecule has 0 radical (unpaired) electrons. The molecule has 3 N–H and O–H groups in total. The smallest absolute Gasteiger partial charge is 0.338 e. The Hall–Kier alpha value is -5.65. The Morgan fingerprint density at radius 1 is 0.766 bits per heavy atom. The average Bonchev–Trinajstić information content (AvgIpc) is 3.26. The second-order valence-corrected chi connectivity index (χ2v) is 21.0. The Bertz CT molecular complexity index is 2550. The van der Waals surface area contributed by atoms with Crippen LogP contribution in [0.1, 0.15) is 115 Å². The van der Waals surface area contributed by atoms with E-state index in [1.54, 1.807) is 43.3 Å². The molecule has 0 spiro atoms. The van der Waals surface area contributed by atoms with Crippen LogP contribution in [0.2, 0.25) is 0 Å². The van der Waals surface area contributed by atoms with Gasteiger partial charge in [-0.05, 0) is 144 Å². The first-order chi connectivity index (χ1) is 30.3. The summed E-state index contributed by atoms with van der Waals surface area (Å²) in [6.07, 6.45) is 6.83. The monoisotopic (exact) mass is 914 g/mol. The zero-order valence-corrected chi connectivity index (χ0v) is 38.7. The molecule has 15 nitrogen and oxygen atoms in total. The second-order valence-electron chi connectivity index (χ2n) is 17.4. The first kappa shape index (κ1) is 47.8. The number of carbonyl (C=O) groups excluding carboxylic acids is 4. The number of rotatable bonds is 15. The molecule has 2 heterocycles. The number of carbonyl (C=O) groups is 4. The van der Waals surface area contributed by atoms with Gasteiger partial charge in [0.2, 0.25) is 26.0 Å². The van der Waals surface area contributed by atoms with Crippen molar-refractivity contribution in [3.63, 3.8) is 0 Å². The van der Waals surface area contributed by atoms with E-state index in [1.807, 2.05) is 49.8 Å². The van der Waals surface area contributed by atoms with E-state index < -0.39 is 55.3 Å². The lowest BCUT2D eigenvalue weighted by Gasteiger charge is -2.35. The highest BCUT2D eigenvalue weighted by Gasteiger charge is 2.36. The molecule has 2 fully saturated rings. The predicted octanol–water partition coefficient (Wildman–Crippen LogP) is 6.96. The van der Waals surface area contributed by atoms with E-state index in [9.17, 15) is 36.0 Å². The number of esters is 1. The minimum Gasteiger partial charge on any atom is -0.456 e. The molecule has 1 saturated carbocycles. The lowest BCUT2D eigenvalue weighted by atomic mass is 9.85. The summed E-state index contributed by atoms with van der Waals surface area (Å²) < 4.78 is 60.1. The van der Waals surface area contributed by atoms with E-state index in [4.69, 9.17) is 9.72 Å². The number of pyridine rings is 1. The standard InChI is InChI=1S/C47H58N6O9S2/c1-6-53(38-25-21-34(22-26-38)44(55)51-63(5,58)59)64(60,61)39-12-10-11-36(31-39)43(54)49-40-27-28-41(52-29-8-7-9-30-52)50-42(40)45(56)48-37-23-17-33(18-24-37)14-13-32-15-19-35(20-16-32)46(57)62-47(2,3)4/h10-12,15-20,23-24,27-28,31,34,38H,6-9,13-14,21-22,25-26,29-30H2,1-5H3,(H,48,56)(H,49,54)(H,51,55). The number of sulfonamides is 2. The molecule has 3 amide bonds. The highest BCUT2D eigenvalue weighted by Crippen LogP contribution is 2.32. The number of nitrogens with zero attached hydrogens (tertiary/aromatic N) is 3. The number of benzene rings is 3. The van der Waals surface area contributed by atoms with Gasteiger partial charge in [-0.1, -0.05) is 37.3 Å². The van der Waals surface area contributed by atoms with E-state index >= 15 is 0 Å². The lowest BCUT2D eigenvalue weighted by Crippen LogP contribution is -2.44. The molecule has 4 aromatic rings. The number of amides is 3. The summed E-state index contributed by atoms with van der Waals surface area (Å²) in [6.45, 7) is 8.92. The first-order valence-corrected chi connectivity index (χ1v) is 25.1. The lowest BCUT2D eigenvalue weighted by molar-refractivity contribution is -0.124. The summed E-state index contributed by atoms with van der Waals surface area (Å²) in [5.41, 5.74) is 2.76. The van der Waals surface area contributed by atoms with Crippen molar-refractivity contribution in [3.8, 4) is 0 Å². The first-order valence-electron chi connectivity index (χ1n) is 21.7. The summed E-state index contributed by atoms with van der Waals surface area (Å²) in [5.74, 6) is -2.07. The van der Waals surface area contributed by atoms with E-state index in [0.717, 1.165) is 62.6 Å². The Labute approximate surface area is 376 Å². The van der Waals surface area contributed by atoms with Gasteiger partial charge in [-0.15, -0.1) is 0 Å². The van der Waals surface area contributed by atoms with E-state index in [-0.39, 0.29) is 34.4 Å². The van der Waals surface area contributed by atoms with Gasteiger partial charge in [0.25, 0.3) is 11.8 Å². The third-order valence-electron chi connectivity index (χ3n) is 11.3. The Morgan fingerprint density at radius 2 is 1.39 bits per heavy atom. The summed E-state index contributed by atoms with van der Waals surface area (Å²) in [6, 6.07) is 23.5. The fourth-order valence-corrected chi connectivity index (χ4v) is 10.3. The number of aromatic nitrogens is 1. The summed E-state index contributed by atoms with van der Waals surface area (Å²) in [4.78, 5) is 59.5.